The molecule has 10 heteroatoms. The Morgan fingerprint density at radius 2 is 0.964 bits per heavy atom. The van der Waals surface area contributed by atoms with Crippen molar-refractivity contribution in [1.82, 2.24) is 0 Å². The molecule has 0 saturated carbocycles. The topological polar surface area (TPSA) is 134 Å². The summed E-state index contributed by atoms with van der Waals surface area (Å²) in [4.78, 5) is 34.9. The molecule has 0 bridgehead atoms. The van der Waals surface area contributed by atoms with Crippen molar-refractivity contribution >= 4 is 19.8 Å². The quantitative estimate of drug-likeness (QED) is 0.0268. The van der Waals surface area contributed by atoms with Gasteiger partial charge in [-0.3, -0.25) is 18.6 Å². The molecular weight excluding hydrogens is 713 g/mol. The number of hydrogen-bond donors (Lipinski definition) is 2. The molecule has 320 valence electrons. The van der Waals surface area contributed by atoms with Gasteiger partial charge in [0.05, 0.1) is 13.2 Å². The first-order valence-electron chi connectivity index (χ1n) is 22.1. The van der Waals surface area contributed by atoms with Crippen LogP contribution in [0.4, 0.5) is 0 Å². The molecule has 0 saturated heterocycles. The lowest BCUT2D eigenvalue weighted by Gasteiger charge is -2.19. The van der Waals surface area contributed by atoms with Crippen LogP contribution in [-0.4, -0.2) is 49.3 Å². The lowest BCUT2D eigenvalue weighted by atomic mass is 10.0. The Labute approximate surface area is 336 Å². The molecule has 1 unspecified atom stereocenters. The highest BCUT2D eigenvalue weighted by atomic mass is 31.2. The SMILES string of the molecule is CCCCC/C=C/C/C=C/C/C=C/C/C=C/CCCC(=O)O[C@H](COC(=O)CCCCCCCCCCCCCCCCCCC)COP(=O)(O)OCCN. The van der Waals surface area contributed by atoms with Crippen molar-refractivity contribution in [3.8, 4) is 0 Å². The van der Waals surface area contributed by atoms with Gasteiger partial charge in [-0.1, -0.05) is 178 Å². The summed E-state index contributed by atoms with van der Waals surface area (Å²) in [5.74, 6) is -0.890. The number of ether oxygens (including phenoxy) is 2. The smallest absolute Gasteiger partial charge is 0.462 e. The zero-order valence-electron chi connectivity index (χ0n) is 35.2. The Morgan fingerprint density at radius 3 is 1.45 bits per heavy atom. The van der Waals surface area contributed by atoms with Crippen LogP contribution in [0.3, 0.4) is 0 Å². The van der Waals surface area contributed by atoms with Gasteiger partial charge in [-0.25, -0.2) is 4.57 Å². The van der Waals surface area contributed by atoms with Crippen LogP contribution in [0.1, 0.15) is 194 Å². The van der Waals surface area contributed by atoms with Crippen LogP contribution in [0.15, 0.2) is 48.6 Å². The molecule has 0 amide bonds. The van der Waals surface area contributed by atoms with Gasteiger partial charge in [0, 0.05) is 19.4 Å². The normalized spacial score (nSPS) is 13.7. The summed E-state index contributed by atoms with van der Waals surface area (Å²) in [6.07, 6.45) is 47.2. The van der Waals surface area contributed by atoms with Crippen molar-refractivity contribution in [2.75, 3.05) is 26.4 Å². The van der Waals surface area contributed by atoms with Crippen LogP contribution < -0.4 is 5.73 Å². The minimum Gasteiger partial charge on any atom is -0.462 e. The number of phosphoric ester groups is 1. The summed E-state index contributed by atoms with van der Waals surface area (Å²) in [7, 11) is -4.39. The van der Waals surface area contributed by atoms with E-state index in [1.807, 2.05) is 6.08 Å². The van der Waals surface area contributed by atoms with Crippen molar-refractivity contribution in [3.63, 3.8) is 0 Å². The Balaban J connectivity index is 4.22. The van der Waals surface area contributed by atoms with E-state index in [4.69, 9.17) is 24.3 Å². The molecule has 0 heterocycles. The van der Waals surface area contributed by atoms with E-state index in [0.717, 1.165) is 38.5 Å². The third-order valence-electron chi connectivity index (χ3n) is 9.22. The van der Waals surface area contributed by atoms with Gasteiger partial charge in [0.2, 0.25) is 0 Å². The van der Waals surface area contributed by atoms with E-state index in [2.05, 4.69) is 56.4 Å². The Bertz CT molecular complexity index is 1040. The van der Waals surface area contributed by atoms with Crippen molar-refractivity contribution in [2.45, 2.75) is 200 Å². The fourth-order valence-electron chi connectivity index (χ4n) is 5.92. The first-order valence-corrected chi connectivity index (χ1v) is 23.6. The van der Waals surface area contributed by atoms with Crippen LogP contribution in [0.25, 0.3) is 0 Å². The van der Waals surface area contributed by atoms with Gasteiger partial charge in [-0.05, 0) is 51.4 Å². The second-order valence-electron chi connectivity index (χ2n) is 14.6. The first-order chi connectivity index (χ1) is 26.8. The van der Waals surface area contributed by atoms with E-state index >= 15 is 0 Å². The summed E-state index contributed by atoms with van der Waals surface area (Å²) < 4.78 is 32.7. The Kier molecular flexibility index (Phi) is 40.1. The second kappa shape index (κ2) is 41.6. The number of carbonyl (C=O) groups is 2. The van der Waals surface area contributed by atoms with Crippen molar-refractivity contribution in [3.05, 3.63) is 48.6 Å². The van der Waals surface area contributed by atoms with Gasteiger partial charge in [-0.2, -0.15) is 0 Å². The molecule has 2 atom stereocenters. The number of carbonyl (C=O) groups excluding carboxylic acids is 2. The predicted molar refractivity (Wildman–Crippen MR) is 229 cm³/mol. The van der Waals surface area contributed by atoms with E-state index in [0.29, 0.717) is 12.8 Å². The molecule has 55 heavy (non-hydrogen) atoms. The van der Waals surface area contributed by atoms with Gasteiger partial charge in [0.25, 0.3) is 0 Å². The molecule has 0 aromatic heterocycles. The maximum atomic E-state index is 12.6. The highest BCUT2D eigenvalue weighted by Crippen LogP contribution is 2.43. The predicted octanol–water partition coefficient (Wildman–Crippen LogP) is 12.7. The molecule has 0 aromatic carbocycles. The van der Waals surface area contributed by atoms with Crippen LogP contribution >= 0.6 is 7.82 Å². The second-order valence-corrected chi connectivity index (χ2v) is 16.0. The van der Waals surface area contributed by atoms with Crippen molar-refractivity contribution in [2.24, 2.45) is 5.73 Å². The molecule has 0 aliphatic heterocycles. The van der Waals surface area contributed by atoms with E-state index in [-0.39, 0.29) is 32.6 Å². The van der Waals surface area contributed by atoms with E-state index in [9.17, 15) is 19.0 Å². The average Bonchev–Trinajstić information content (AvgIpc) is 3.17. The standard InChI is InChI=1S/C45H82NO8P/c1-3-5-7-9-11-13-15-17-19-21-23-25-27-29-31-33-35-37-44(47)51-41-43(42-53-55(49,50)52-40-39-46)54-45(48)38-36-34-32-30-28-26-24-22-20-18-16-14-12-10-8-6-4-2/h12,14,18,20,24,26,30,32,43H,3-11,13,15-17,19,21-23,25,27-29,31,33-42,46H2,1-2H3,(H,49,50)/b14-12+,20-18+,26-24+,32-30+/t43-/m1/s1. The van der Waals surface area contributed by atoms with Crippen molar-refractivity contribution in [1.29, 1.82) is 0 Å². The first kappa shape index (κ1) is 53.0. The minimum atomic E-state index is -4.39. The molecule has 0 rings (SSSR count). The fourth-order valence-corrected chi connectivity index (χ4v) is 6.69. The molecule has 9 nitrogen and oxygen atoms in total. The van der Waals surface area contributed by atoms with E-state index in [1.165, 1.54) is 116 Å². The number of hydrogen-bond acceptors (Lipinski definition) is 8. The molecule has 0 aliphatic rings. The number of nitrogens with two attached hydrogens (primary N) is 1. The number of unbranched alkanes of at least 4 members (excludes halogenated alkanes) is 20. The summed E-state index contributed by atoms with van der Waals surface area (Å²) in [6.45, 7) is 3.65. The summed E-state index contributed by atoms with van der Waals surface area (Å²) in [5.41, 5.74) is 5.34. The molecule has 0 aliphatic carbocycles. The molecule has 0 aromatic rings. The zero-order valence-corrected chi connectivity index (χ0v) is 36.0. The number of allylic oxidation sites excluding steroid dienone is 8. The number of rotatable bonds is 41. The highest BCUT2D eigenvalue weighted by Gasteiger charge is 2.25. The summed E-state index contributed by atoms with van der Waals surface area (Å²) in [6, 6.07) is 0. The number of esters is 2. The van der Waals surface area contributed by atoms with Gasteiger partial charge in [0.1, 0.15) is 6.61 Å². The lowest BCUT2D eigenvalue weighted by molar-refractivity contribution is -0.161. The maximum absolute atomic E-state index is 12.6. The van der Waals surface area contributed by atoms with Gasteiger partial charge in [-0.15, -0.1) is 0 Å². The monoisotopic (exact) mass is 796 g/mol. The van der Waals surface area contributed by atoms with Crippen LogP contribution in [0.5, 0.6) is 0 Å². The lowest BCUT2D eigenvalue weighted by Crippen LogP contribution is -2.29. The molecular formula is C45H82NO8P. The zero-order chi connectivity index (χ0) is 40.3. The Morgan fingerprint density at radius 1 is 0.545 bits per heavy atom. The largest absolute Gasteiger partial charge is 0.472 e. The van der Waals surface area contributed by atoms with Gasteiger partial charge < -0.3 is 20.1 Å². The summed E-state index contributed by atoms with van der Waals surface area (Å²) >= 11 is 0. The molecule has 0 fully saturated rings. The maximum Gasteiger partial charge on any atom is 0.472 e. The van der Waals surface area contributed by atoms with Crippen LogP contribution in [0.2, 0.25) is 0 Å². The van der Waals surface area contributed by atoms with E-state index in [1.54, 1.807) is 0 Å². The number of phosphoric acid groups is 1. The fraction of sp³-hybridized carbons (Fsp3) is 0.778. The van der Waals surface area contributed by atoms with Gasteiger partial charge >= 0.3 is 19.8 Å². The Hall–Kier alpha value is -2.03. The molecule has 0 spiro atoms. The third-order valence-corrected chi connectivity index (χ3v) is 10.2. The molecule has 0 radical (unpaired) electrons. The van der Waals surface area contributed by atoms with Crippen LogP contribution in [-0.2, 0) is 32.7 Å². The third kappa shape index (κ3) is 41.4. The van der Waals surface area contributed by atoms with E-state index < -0.39 is 32.5 Å². The highest BCUT2D eigenvalue weighted by molar-refractivity contribution is 7.47. The van der Waals surface area contributed by atoms with Gasteiger partial charge in [0.15, 0.2) is 6.10 Å². The van der Waals surface area contributed by atoms with Crippen molar-refractivity contribution < 1.29 is 37.6 Å². The van der Waals surface area contributed by atoms with Crippen LogP contribution in [0, 0.1) is 0 Å². The summed E-state index contributed by atoms with van der Waals surface area (Å²) in [5, 5.41) is 0. The molecule has 3 N–H and O–H groups in total. The average molecular weight is 796 g/mol. The minimum absolute atomic E-state index is 0.0444.